The molecule has 0 aromatic heterocycles. The lowest BCUT2D eigenvalue weighted by molar-refractivity contribution is -0.128. The molecular weight excluding hydrogens is 309 g/mol. The summed E-state index contributed by atoms with van der Waals surface area (Å²) in [6.07, 6.45) is 5.83. The molecule has 0 aromatic carbocycles. The summed E-state index contributed by atoms with van der Waals surface area (Å²) in [7, 11) is 0. The van der Waals surface area contributed by atoms with Gasteiger partial charge in [-0.1, -0.05) is 6.92 Å². The van der Waals surface area contributed by atoms with E-state index < -0.39 is 0 Å². The molecule has 1 heterocycles. The summed E-state index contributed by atoms with van der Waals surface area (Å²) < 4.78 is 0. The van der Waals surface area contributed by atoms with E-state index in [0.717, 1.165) is 32.5 Å². The van der Waals surface area contributed by atoms with E-state index in [1.54, 1.807) is 0 Å². The minimum atomic E-state index is 0. The third-order valence-corrected chi connectivity index (χ3v) is 5.66. The Balaban J connectivity index is 0.00000110. The number of carbonyl (C=O) groups is 1. The van der Waals surface area contributed by atoms with E-state index in [1.807, 2.05) is 0 Å². The molecule has 0 spiro atoms. The number of halogens is 2. The third-order valence-electron chi connectivity index (χ3n) is 5.66. The molecule has 1 amide bonds. The number of hydrogen-bond acceptors (Lipinski definition) is 3. The highest BCUT2D eigenvalue weighted by Gasteiger charge is 2.49. The second-order valence-electron chi connectivity index (χ2n) is 6.65. The second kappa shape index (κ2) is 8.00. The molecule has 2 aliphatic carbocycles. The van der Waals surface area contributed by atoms with Crippen molar-refractivity contribution in [3.8, 4) is 0 Å². The van der Waals surface area contributed by atoms with Crippen molar-refractivity contribution < 1.29 is 4.79 Å². The van der Waals surface area contributed by atoms with E-state index in [1.165, 1.54) is 19.3 Å². The molecule has 4 atom stereocenters. The van der Waals surface area contributed by atoms with Gasteiger partial charge in [0.15, 0.2) is 0 Å². The van der Waals surface area contributed by atoms with Crippen molar-refractivity contribution in [1.29, 1.82) is 0 Å². The second-order valence-corrected chi connectivity index (χ2v) is 6.65. The number of fused-ring (bicyclic) bond motifs is 2. The van der Waals surface area contributed by atoms with Crippen molar-refractivity contribution in [2.24, 2.45) is 23.5 Å². The highest BCUT2D eigenvalue weighted by Crippen LogP contribution is 2.47. The Morgan fingerprint density at radius 3 is 2.29 bits per heavy atom. The molecule has 4 nitrogen and oxygen atoms in total. The number of nitrogens with zero attached hydrogens (tertiary/aromatic N) is 1. The summed E-state index contributed by atoms with van der Waals surface area (Å²) in [6, 6.07) is 0.496. The van der Waals surface area contributed by atoms with Crippen molar-refractivity contribution in [2.45, 2.75) is 51.1 Å². The van der Waals surface area contributed by atoms with Crippen LogP contribution in [0, 0.1) is 17.8 Å². The van der Waals surface area contributed by atoms with E-state index in [9.17, 15) is 4.79 Å². The van der Waals surface area contributed by atoms with Crippen LogP contribution < -0.4 is 11.1 Å². The molecule has 3 rings (SSSR count). The Morgan fingerprint density at radius 1 is 1.14 bits per heavy atom. The zero-order valence-electron chi connectivity index (χ0n) is 12.8. The minimum Gasteiger partial charge on any atom is -0.353 e. The molecule has 6 heteroatoms. The molecule has 124 valence electrons. The zero-order valence-corrected chi connectivity index (χ0v) is 14.4. The van der Waals surface area contributed by atoms with Crippen LogP contribution in [0.1, 0.15) is 39.0 Å². The number of amides is 1. The molecule has 0 aromatic rings. The summed E-state index contributed by atoms with van der Waals surface area (Å²) in [5, 5.41) is 3.28. The number of likely N-dealkylation sites (tertiary alicyclic amines) is 1. The van der Waals surface area contributed by atoms with Crippen LogP contribution in [0.5, 0.6) is 0 Å². The van der Waals surface area contributed by atoms with Crippen molar-refractivity contribution in [3.63, 3.8) is 0 Å². The van der Waals surface area contributed by atoms with Crippen LogP contribution in [-0.4, -0.2) is 42.5 Å². The lowest BCUT2D eigenvalue weighted by Crippen LogP contribution is -2.50. The van der Waals surface area contributed by atoms with E-state index in [0.29, 0.717) is 17.9 Å². The Kier molecular flexibility index (Phi) is 7.25. The lowest BCUT2D eigenvalue weighted by atomic mass is 9.84. The largest absolute Gasteiger partial charge is 0.353 e. The zero-order chi connectivity index (χ0) is 13.4. The fraction of sp³-hybridized carbons (Fsp3) is 0.933. The quantitative estimate of drug-likeness (QED) is 0.825. The number of carbonyl (C=O) groups excluding carboxylic acids is 1. The Bertz CT molecular complexity index is 346. The Hall–Kier alpha value is -0.0300. The molecule has 2 saturated carbocycles. The number of hydrogen-bond donors (Lipinski definition) is 2. The summed E-state index contributed by atoms with van der Waals surface area (Å²) in [5.74, 6) is 1.52. The molecule has 4 unspecified atom stereocenters. The van der Waals surface area contributed by atoms with Gasteiger partial charge in [0.2, 0.25) is 5.91 Å². The van der Waals surface area contributed by atoms with Crippen LogP contribution in [0.25, 0.3) is 0 Å². The molecule has 0 radical (unpaired) electrons. The normalized spacial score (nSPS) is 35.9. The van der Waals surface area contributed by atoms with Crippen LogP contribution in [0.4, 0.5) is 0 Å². The van der Waals surface area contributed by atoms with Crippen LogP contribution in [0.2, 0.25) is 0 Å². The van der Waals surface area contributed by atoms with Crippen LogP contribution >= 0.6 is 24.8 Å². The molecule has 2 bridgehead atoms. The van der Waals surface area contributed by atoms with Gasteiger partial charge in [0.1, 0.15) is 0 Å². The first-order chi connectivity index (χ1) is 9.19. The summed E-state index contributed by atoms with van der Waals surface area (Å²) in [5.41, 5.74) is 6.24. The molecule has 21 heavy (non-hydrogen) atoms. The molecule has 3 fully saturated rings. The van der Waals surface area contributed by atoms with Gasteiger partial charge in [0, 0.05) is 25.2 Å². The van der Waals surface area contributed by atoms with Crippen LogP contribution in [0.15, 0.2) is 0 Å². The van der Waals surface area contributed by atoms with Crippen molar-refractivity contribution >= 4 is 30.7 Å². The van der Waals surface area contributed by atoms with Gasteiger partial charge >= 0.3 is 0 Å². The lowest BCUT2D eigenvalue weighted by Gasteiger charge is -2.34. The smallest absolute Gasteiger partial charge is 0.225 e. The maximum Gasteiger partial charge on any atom is 0.225 e. The minimum absolute atomic E-state index is 0. The predicted octanol–water partition coefficient (Wildman–Crippen LogP) is 1.80. The first-order valence-corrected chi connectivity index (χ1v) is 7.97. The molecular formula is C15H29Cl2N3O. The van der Waals surface area contributed by atoms with Gasteiger partial charge in [-0.25, -0.2) is 0 Å². The monoisotopic (exact) mass is 337 g/mol. The van der Waals surface area contributed by atoms with Gasteiger partial charge in [-0.15, -0.1) is 24.8 Å². The number of rotatable bonds is 3. The molecule has 3 N–H and O–H groups in total. The fourth-order valence-corrected chi connectivity index (χ4v) is 4.42. The van der Waals surface area contributed by atoms with Crippen molar-refractivity contribution in [2.75, 3.05) is 19.6 Å². The van der Waals surface area contributed by atoms with Gasteiger partial charge in [0.25, 0.3) is 0 Å². The predicted molar refractivity (Wildman–Crippen MR) is 90.1 cm³/mol. The van der Waals surface area contributed by atoms with Crippen molar-refractivity contribution in [1.82, 2.24) is 10.2 Å². The summed E-state index contributed by atoms with van der Waals surface area (Å²) in [6.45, 7) is 5.56. The third kappa shape index (κ3) is 3.84. The van der Waals surface area contributed by atoms with Crippen LogP contribution in [0.3, 0.4) is 0 Å². The highest BCUT2D eigenvalue weighted by molar-refractivity contribution is 5.85. The maximum absolute atomic E-state index is 12.5. The van der Waals surface area contributed by atoms with Gasteiger partial charge < -0.3 is 16.0 Å². The first kappa shape index (κ1) is 19.0. The van der Waals surface area contributed by atoms with Gasteiger partial charge in [-0.3, -0.25) is 4.79 Å². The summed E-state index contributed by atoms with van der Waals surface area (Å²) in [4.78, 5) is 14.9. The van der Waals surface area contributed by atoms with Gasteiger partial charge in [-0.05, 0) is 50.5 Å². The van der Waals surface area contributed by atoms with Gasteiger partial charge in [0.05, 0.1) is 5.92 Å². The topological polar surface area (TPSA) is 58.4 Å². The number of nitrogens with one attached hydrogen (secondary N) is 1. The average Bonchev–Trinajstić information content (AvgIpc) is 3.00. The first-order valence-electron chi connectivity index (χ1n) is 7.97. The highest BCUT2D eigenvalue weighted by atomic mass is 35.5. The van der Waals surface area contributed by atoms with Crippen molar-refractivity contribution in [3.05, 3.63) is 0 Å². The summed E-state index contributed by atoms with van der Waals surface area (Å²) >= 11 is 0. The van der Waals surface area contributed by atoms with E-state index >= 15 is 0 Å². The standard InChI is InChI=1S/C15H27N3O.2ClH/c1-2-18-7-5-12(6-8-18)17-15(19)13-10-3-4-11(9-10)14(13)16;;/h10-14H,2-9,16H2,1H3,(H,17,19);2*1H. The van der Waals surface area contributed by atoms with Gasteiger partial charge in [-0.2, -0.15) is 0 Å². The van der Waals surface area contributed by atoms with E-state index in [4.69, 9.17) is 5.73 Å². The number of piperidine rings is 1. The Labute approximate surface area is 140 Å². The van der Waals surface area contributed by atoms with E-state index in [-0.39, 0.29) is 42.7 Å². The SMILES string of the molecule is CCN1CCC(NC(=O)C2C3CCC(C3)C2N)CC1.Cl.Cl. The maximum atomic E-state index is 12.5. The molecule has 1 aliphatic heterocycles. The Morgan fingerprint density at radius 2 is 1.76 bits per heavy atom. The fourth-order valence-electron chi connectivity index (χ4n) is 4.42. The number of nitrogens with two attached hydrogens (primary N) is 1. The van der Waals surface area contributed by atoms with E-state index in [2.05, 4.69) is 17.1 Å². The molecule has 3 aliphatic rings. The average molecular weight is 338 g/mol. The van der Waals surface area contributed by atoms with Crippen LogP contribution in [-0.2, 0) is 4.79 Å². The molecule has 1 saturated heterocycles.